The first-order valence-corrected chi connectivity index (χ1v) is 8.82. The van der Waals surface area contributed by atoms with Gasteiger partial charge in [0, 0.05) is 49.8 Å². The van der Waals surface area contributed by atoms with Crippen molar-refractivity contribution in [2.45, 2.75) is 6.54 Å². The third kappa shape index (κ3) is 4.60. The molecule has 1 aromatic heterocycles. The lowest BCUT2D eigenvalue weighted by Crippen LogP contribution is -2.43. The average molecular weight is 326 g/mol. The summed E-state index contributed by atoms with van der Waals surface area (Å²) in [7, 11) is 0. The number of piperazine rings is 1. The molecule has 1 aliphatic heterocycles. The predicted octanol–water partition coefficient (Wildman–Crippen LogP) is 2.48. The van der Waals surface area contributed by atoms with Crippen molar-refractivity contribution in [3.05, 3.63) is 59.9 Å². The van der Waals surface area contributed by atoms with Crippen LogP contribution in [0.25, 0.3) is 12.2 Å². The van der Waals surface area contributed by atoms with E-state index in [1.807, 2.05) is 0 Å². The van der Waals surface area contributed by atoms with E-state index in [1.165, 1.54) is 16.8 Å². The molecule has 0 spiro atoms. The Balaban J connectivity index is 1.62. The molecule has 2 heterocycles. The topological polar surface area (TPSA) is 19.1 Å². The fraction of sp³-hybridized carbons (Fsp3) is 0.316. The summed E-state index contributed by atoms with van der Waals surface area (Å²) in [5.74, 6) is 0.860. The highest BCUT2D eigenvalue weighted by Gasteiger charge is 2.09. The Morgan fingerprint density at radius 1 is 0.957 bits per heavy atom. The molecule has 1 N–H and O–H groups in total. The summed E-state index contributed by atoms with van der Waals surface area (Å²) in [5.41, 5.74) is 3.76. The number of aromatic nitrogens is 1. The van der Waals surface area contributed by atoms with Crippen LogP contribution < -0.4 is 14.8 Å². The molecule has 1 saturated heterocycles. The van der Waals surface area contributed by atoms with Crippen molar-refractivity contribution in [2.24, 2.45) is 0 Å². The van der Waals surface area contributed by atoms with E-state index in [1.54, 1.807) is 0 Å². The van der Waals surface area contributed by atoms with Gasteiger partial charge in [-0.25, -0.2) is 4.57 Å². The number of hydrogen-bond donors (Lipinski definition) is 2. The van der Waals surface area contributed by atoms with Gasteiger partial charge in [-0.1, -0.05) is 24.3 Å². The van der Waals surface area contributed by atoms with Crippen molar-refractivity contribution in [1.29, 1.82) is 0 Å². The molecule has 0 amide bonds. The first-order chi connectivity index (χ1) is 11.3. The summed E-state index contributed by atoms with van der Waals surface area (Å²) in [4.78, 5) is 2.43. The molecule has 23 heavy (non-hydrogen) atoms. The molecule has 0 atom stereocenters. The van der Waals surface area contributed by atoms with Crippen LogP contribution in [-0.4, -0.2) is 31.9 Å². The molecular weight excluding hydrogens is 302 g/mol. The predicted molar refractivity (Wildman–Crippen MR) is 101 cm³/mol. The van der Waals surface area contributed by atoms with E-state index in [-0.39, 0.29) is 0 Å². The first-order valence-electron chi connectivity index (χ1n) is 8.19. The van der Waals surface area contributed by atoms with Crippen LogP contribution in [0.2, 0.25) is 0 Å². The van der Waals surface area contributed by atoms with Gasteiger partial charge in [0.1, 0.15) is 0 Å². The maximum absolute atomic E-state index is 4.25. The van der Waals surface area contributed by atoms with Gasteiger partial charge in [-0.15, -0.1) is 0 Å². The SMILES string of the molecule is SCC[n+]1ccc(/C=C/c2ccc(N3CCNCC3)cc2)cc1. The Morgan fingerprint density at radius 3 is 2.17 bits per heavy atom. The van der Waals surface area contributed by atoms with Crippen LogP contribution in [0.4, 0.5) is 5.69 Å². The van der Waals surface area contributed by atoms with E-state index in [0.717, 1.165) is 38.5 Å². The van der Waals surface area contributed by atoms with E-state index in [4.69, 9.17) is 0 Å². The normalized spacial score (nSPS) is 15.3. The summed E-state index contributed by atoms with van der Waals surface area (Å²) < 4.78 is 2.15. The fourth-order valence-corrected chi connectivity index (χ4v) is 2.99. The van der Waals surface area contributed by atoms with Crippen LogP contribution in [0, 0.1) is 0 Å². The maximum atomic E-state index is 4.25. The Kier molecular flexibility index (Phi) is 5.72. The monoisotopic (exact) mass is 326 g/mol. The summed E-state index contributed by atoms with van der Waals surface area (Å²) in [6.07, 6.45) is 8.53. The number of rotatable bonds is 5. The molecule has 1 aliphatic rings. The van der Waals surface area contributed by atoms with Crippen LogP contribution in [0.3, 0.4) is 0 Å². The van der Waals surface area contributed by atoms with E-state index < -0.39 is 0 Å². The van der Waals surface area contributed by atoms with E-state index in [2.05, 4.69) is 88.4 Å². The number of benzene rings is 1. The second-order valence-corrected chi connectivity index (χ2v) is 6.20. The Morgan fingerprint density at radius 2 is 1.57 bits per heavy atom. The zero-order chi connectivity index (χ0) is 15.9. The molecule has 120 valence electrons. The highest BCUT2D eigenvalue weighted by molar-refractivity contribution is 7.80. The van der Waals surface area contributed by atoms with Gasteiger partial charge in [-0.3, -0.25) is 0 Å². The Bertz CT molecular complexity index is 629. The van der Waals surface area contributed by atoms with Crippen LogP contribution in [0.1, 0.15) is 11.1 Å². The highest BCUT2D eigenvalue weighted by Crippen LogP contribution is 2.17. The average Bonchev–Trinajstić information content (AvgIpc) is 2.63. The number of nitrogens with one attached hydrogen (secondary N) is 1. The van der Waals surface area contributed by atoms with E-state index in [0.29, 0.717) is 0 Å². The van der Waals surface area contributed by atoms with Gasteiger partial charge in [0.15, 0.2) is 18.9 Å². The third-order valence-corrected chi connectivity index (χ3v) is 4.32. The molecule has 1 aromatic carbocycles. The van der Waals surface area contributed by atoms with Gasteiger partial charge < -0.3 is 10.2 Å². The van der Waals surface area contributed by atoms with Crippen molar-refractivity contribution >= 4 is 30.5 Å². The number of pyridine rings is 1. The van der Waals surface area contributed by atoms with Gasteiger partial charge in [0.25, 0.3) is 0 Å². The molecular formula is C19H24N3S+. The van der Waals surface area contributed by atoms with Crippen LogP contribution in [-0.2, 0) is 6.54 Å². The fourth-order valence-electron chi connectivity index (χ4n) is 2.76. The summed E-state index contributed by atoms with van der Waals surface area (Å²) in [6.45, 7) is 5.27. The summed E-state index contributed by atoms with van der Waals surface area (Å²) in [6, 6.07) is 13.1. The number of nitrogens with zero attached hydrogens (tertiary/aromatic N) is 2. The number of anilines is 1. The molecule has 0 aliphatic carbocycles. The Labute approximate surface area is 144 Å². The van der Waals surface area contributed by atoms with Gasteiger partial charge in [0.05, 0.1) is 0 Å². The lowest BCUT2D eigenvalue weighted by molar-refractivity contribution is -0.692. The van der Waals surface area contributed by atoms with Gasteiger partial charge in [-0.2, -0.15) is 12.6 Å². The lowest BCUT2D eigenvalue weighted by atomic mass is 10.1. The second kappa shape index (κ2) is 8.18. The zero-order valence-corrected chi connectivity index (χ0v) is 14.3. The number of thiol groups is 1. The Hall–Kier alpha value is -1.78. The van der Waals surface area contributed by atoms with Crippen molar-refractivity contribution in [1.82, 2.24) is 5.32 Å². The zero-order valence-electron chi connectivity index (χ0n) is 13.4. The van der Waals surface area contributed by atoms with Gasteiger partial charge in [0.2, 0.25) is 0 Å². The molecule has 0 unspecified atom stereocenters. The minimum absolute atomic E-state index is 0.860. The second-order valence-electron chi connectivity index (χ2n) is 5.75. The standard InChI is InChI=1S/C19H23N3S/c23-16-15-21-11-7-18(8-12-21)2-1-17-3-5-19(6-4-17)22-13-9-20-10-14-22/h1-8,11-12,20H,9-10,13-16H2/p+1. The third-order valence-electron chi connectivity index (χ3n) is 4.12. The van der Waals surface area contributed by atoms with Crippen molar-refractivity contribution in [3.8, 4) is 0 Å². The molecule has 0 radical (unpaired) electrons. The van der Waals surface area contributed by atoms with E-state index >= 15 is 0 Å². The van der Waals surface area contributed by atoms with Gasteiger partial charge in [-0.05, 0) is 23.3 Å². The quantitative estimate of drug-likeness (QED) is 0.650. The lowest BCUT2D eigenvalue weighted by Gasteiger charge is -2.29. The maximum Gasteiger partial charge on any atom is 0.169 e. The van der Waals surface area contributed by atoms with Crippen LogP contribution in [0.15, 0.2) is 48.8 Å². The molecule has 1 fully saturated rings. The molecule has 4 heteroatoms. The number of aryl methyl sites for hydroxylation is 1. The number of hydrogen-bond acceptors (Lipinski definition) is 3. The minimum atomic E-state index is 0.860. The van der Waals surface area contributed by atoms with Crippen LogP contribution in [0.5, 0.6) is 0 Å². The van der Waals surface area contributed by atoms with E-state index in [9.17, 15) is 0 Å². The minimum Gasteiger partial charge on any atom is -0.369 e. The summed E-state index contributed by atoms with van der Waals surface area (Å²) in [5, 5.41) is 3.39. The molecule has 3 nitrogen and oxygen atoms in total. The molecule has 2 aromatic rings. The molecule has 0 bridgehead atoms. The highest BCUT2D eigenvalue weighted by atomic mass is 32.1. The van der Waals surface area contributed by atoms with Crippen molar-refractivity contribution in [3.63, 3.8) is 0 Å². The van der Waals surface area contributed by atoms with Crippen molar-refractivity contribution < 1.29 is 4.57 Å². The van der Waals surface area contributed by atoms with Crippen molar-refractivity contribution in [2.75, 3.05) is 36.8 Å². The first kappa shape index (κ1) is 16.1. The van der Waals surface area contributed by atoms with Gasteiger partial charge >= 0.3 is 0 Å². The molecule has 0 saturated carbocycles. The molecule has 3 rings (SSSR count). The largest absolute Gasteiger partial charge is 0.369 e. The van der Waals surface area contributed by atoms with Crippen LogP contribution >= 0.6 is 12.6 Å². The summed E-state index contributed by atoms with van der Waals surface area (Å²) >= 11 is 4.25. The smallest absolute Gasteiger partial charge is 0.169 e.